The Balaban J connectivity index is 1.29. The van der Waals surface area contributed by atoms with Crippen molar-refractivity contribution < 1.29 is 14.3 Å². The number of benzene rings is 1. The quantitative estimate of drug-likeness (QED) is 0.637. The SMILES string of the molecule is O=C(Nc1ccc(Oc2ccccc2)nc1)c1cnc2c(c1)N(CC1CC1)C(=O)CN2. The highest BCUT2D eigenvalue weighted by Gasteiger charge is 2.32. The van der Waals surface area contributed by atoms with Gasteiger partial charge in [-0.15, -0.1) is 0 Å². The molecule has 2 amide bonds. The molecular weight excluding hydrogens is 394 g/mol. The number of anilines is 3. The second-order valence-electron chi connectivity index (χ2n) is 7.65. The van der Waals surface area contributed by atoms with Crippen LogP contribution in [0.25, 0.3) is 0 Å². The molecule has 1 aliphatic carbocycles. The fourth-order valence-electron chi connectivity index (χ4n) is 3.39. The Bertz CT molecular complexity index is 1110. The zero-order valence-electron chi connectivity index (χ0n) is 16.7. The first-order valence-corrected chi connectivity index (χ1v) is 10.2. The maximum absolute atomic E-state index is 12.8. The Kier molecular flexibility index (Phi) is 4.95. The number of hydrogen-bond donors (Lipinski definition) is 2. The van der Waals surface area contributed by atoms with Crippen molar-refractivity contribution in [2.45, 2.75) is 12.8 Å². The Morgan fingerprint density at radius 2 is 1.97 bits per heavy atom. The number of para-hydroxylation sites is 1. The van der Waals surface area contributed by atoms with Gasteiger partial charge in [-0.2, -0.15) is 0 Å². The molecule has 1 aliphatic heterocycles. The Labute approximate surface area is 179 Å². The molecule has 1 aromatic carbocycles. The van der Waals surface area contributed by atoms with Gasteiger partial charge in [0.15, 0.2) is 0 Å². The van der Waals surface area contributed by atoms with Gasteiger partial charge in [0.25, 0.3) is 5.91 Å². The average Bonchev–Trinajstić information content (AvgIpc) is 3.62. The molecule has 2 N–H and O–H groups in total. The lowest BCUT2D eigenvalue weighted by Gasteiger charge is -2.29. The molecule has 2 aliphatic rings. The Morgan fingerprint density at radius 3 is 2.71 bits per heavy atom. The maximum atomic E-state index is 12.8. The number of carbonyl (C=O) groups is 2. The predicted molar refractivity (Wildman–Crippen MR) is 117 cm³/mol. The fraction of sp³-hybridized carbons (Fsp3) is 0.217. The van der Waals surface area contributed by atoms with E-state index in [1.54, 1.807) is 23.1 Å². The Hall–Kier alpha value is -3.94. The predicted octanol–water partition coefficient (Wildman–Crippen LogP) is 3.69. The highest BCUT2D eigenvalue weighted by molar-refractivity contribution is 6.07. The standard InChI is InChI=1S/C23H21N5O3/c29-21-13-26-22-19(28(21)14-15-6-7-15)10-16(11-25-22)23(30)27-17-8-9-20(24-12-17)31-18-4-2-1-3-5-18/h1-5,8-12,15H,6-7,13-14H2,(H,25,26)(H,27,30). The highest BCUT2D eigenvalue weighted by atomic mass is 16.5. The summed E-state index contributed by atoms with van der Waals surface area (Å²) in [6.07, 6.45) is 5.31. The van der Waals surface area contributed by atoms with Crippen molar-refractivity contribution in [1.29, 1.82) is 0 Å². The number of nitrogens with one attached hydrogen (secondary N) is 2. The highest BCUT2D eigenvalue weighted by Crippen LogP contribution is 2.35. The van der Waals surface area contributed by atoms with Crippen LogP contribution in [-0.4, -0.2) is 34.9 Å². The van der Waals surface area contributed by atoms with E-state index in [-0.39, 0.29) is 18.4 Å². The normalized spacial score (nSPS) is 15.1. The topological polar surface area (TPSA) is 96.4 Å². The fourth-order valence-corrected chi connectivity index (χ4v) is 3.39. The molecule has 2 aromatic heterocycles. The third-order valence-corrected chi connectivity index (χ3v) is 5.23. The van der Waals surface area contributed by atoms with Gasteiger partial charge in [-0.25, -0.2) is 9.97 Å². The maximum Gasteiger partial charge on any atom is 0.257 e. The molecule has 0 atom stereocenters. The van der Waals surface area contributed by atoms with Crippen LogP contribution in [0.4, 0.5) is 17.2 Å². The van der Waals surface area contributed by atoms with Crippen molar-refractivity contribution in [2.75, 3.05) is 28.6 Å². The van der Waals surface area contributed by atoms with Crippen LogP contribution in [0.2, 0.25) is 0 Å². The number of fused-ring (bicyclic) bond motifs is 1. The molecule has 0 saturated heterocycles. The molecule has 0 unspecified atom stereocenters. The first kappa shape index (κ1) is 19.0. The number of aromatic nitrogens is 2. The number of hydrogen-bond acceptors (Lipinski definition) is 6. The number of ether oxygens (including phenoxy) is 1. The summed E-state index contributed by atoms with van der Waals surface area (Å²) in [4.78, 5) is 35.5. The third-order valence-electron chi connectivity index (χ3n) is 5.23. The van der Waals surface area contributed by atoms with E-state index in [0.29, 0.717) is 46.8 Å². The minimum Gasteiger partial charge on any atom is -0.439 e. The van der Waals surface area contributed by atoms with Crippen molar-refractivity contribution in [1.82, 2.24) is 9.97 Å². The lowest BCUT2D eigenvalue weighted by molar-refractivity contribution is -0.117. The average molecular weight is 415 g/mol. The summed E-state index contributed by atoms with van der Waals surface area (Å²) in [7, 11) is 0. The van der Waals surface area contributed by atoms with E-state index >= 15 is 0 Å². The van der Waals surface area contributed by atoms with E-state index in [2.05, 4.69) is 20.6 Å². The van der Waals surface area contributed by atoms with Gasteiger partial charge >= 0.3 is 0 Å². The lowest BCUT2D eigenvalue weighted by Crippen LogP contribution is -2.41. The number of pyridine rings is 2. The molecule has 5 rings (SSSR count). The van der Waals surface area contributed by atoms with E-state index in [4.69, 9.17) is 4.74 Å². The van der Waals surface area contributed by atoms with Crippen LogP contribution in [0.1, 0.15) is 23.2 Å². The van der Waals surface area contributed by atoms with Gasteiger partial charge in [0, 0.05) is 18.8 Å². The zero-order chi connectivity index (χ0) is 21.2. The van der Waals surface area contributed by atoms with Gasteiger partial charge in [0.2, 0.25) is 11.8 Å². The van der Waals surface area contributed by atoms with E-state index in [1.165, 1.54) is 12.4 Å². The molecule has 3 aromatic rings. The smallest absolute Gasteiger partial charge is 0.257 e. The molecule has 0 spiro atoms. The molecule has 0 radical (unpaired) electrons. The second-order valence-corrected chi connectivity index (χ2v) is 7.65. The van der Waals surface area contributed by atoms with Gasteiger partial charge in [0.1, 0.15) is 11.6 Å². The summed E-state index contributed by atoms with van der Waals surface area (Å²) in [6, 6.07) is 14.5. The number of nitrogens with zero attached hydrogens (tertiary/aromatic N) is 3. The molecule has 3 heterocycles. The third kappa shape index (κ3) is 4.32. The molecule has 31 heavy (non-hydrogen) atoms. The molecule has 8 nitrogen and oxygen atoms in total. The van der Waals surface area contributed by atoms with Crippen LogP contribution >= 0.6 is 0 Å². The van der Waals surface area contributed by atoms with Gasteiger partial charge in [-0.05, 0) is 43.0 Å². The largest absolute Gasteiger partial charge is 0.439 e. The van der Waals surface area contributed by atoms with Gasteiger partial charge < -0.3 is 20.3 Å². The van der Waals surface area contributed by atoms with Gasteiger partial charge in [-0.3, -0.25) is 9.59 Å². The molecule has 1 saturated carbocycles. The van der Waals surface area contributed by atoms with E-state index in [0.717, 1.165) is 12.8 Å². The van der Waals surface area contributed by atoms with Crippen molar-refractivity contribution in [2.24, 2.45) is 5.92 Å². The van der Waals surface area contributed by atoms with E-state index in [1.807, 2.05) is 30.3 Å². The molecule has 8 heteroatoms. The number of rotatable bonds is 6. The van der Waals surface area contributed by atoms with E-state index in [9.17, 15) is 9.59 Å². The molecule has 0 bridgehead atoms. The minimum absolute atomic E-state index is 0.00281. The summed E-state index contributed by atoms with van der Waals surface area (Å²) < 4.78 is 5.67. The van der Waals surface area contributed by atoms with Crippen LogP contribution < -0.4 is 20.3 Å². The molecule has 156 valence electrons. The zero-order valence-corrected chi connectivity index (χ0v) is 16.7. The monoisotopic (exact) mass is 415 g/mol. The van der Waals surface area contributed by atoms with Crippen molar-refractivity contribution in [3.8, 4) is 11.6 Å². The lowest BCUT2D eigenvalue weighted by atomic mass is 10.1. The second kappa shape index (κ2) is 8.06. The number of carbonyl (C=O) groups excluding carboxylic acids is 2. The van der Waals surface area contributed by atoms with Crippen LogP contribution in [0.15, 0.2) is 60.9 Å². The van der Waals surface area contributed by atoms with Crippen molar-refractivity contribution >= 4 is 29.0 Å². The summed E-state index contributed by atoms with van der Waals surface area (Å²) in [5.74, 6) is 1.96. The van der Waals surface area contributed by atoms with Crippen LogP contribution in [0, 0.1) is 5.92 Å². The molecule has 1 fully saturated rings. The van der Waals surface area contributed by atoms with Crippen molar-refractivity contribution in [3.05, 3.63) is 66.5 Å². The van der Waals surface area contributed by atoms with Crippen molar-refractivity contribution in [3.63, 3.8) is 0 Å². The van der Waals surface area contributed by atoms with Gasteiger partial charge in [-0.1, -0.05) is 18.2 Å². The van der Waals surface area contributed by atoms with E-state index < -0.39 is 0 Å². The minimum atomic E-state index is -0.321. The summed E-state index contributed by atoms with van der Waals surface area (Å²) in [5.41, 5.74) is 1.56. The van der Waals surface area contributed by atoms with Crippen LogP contribution in [0.5, 0.6) is 11.6 Å². The molecular formula is C23H21N5O3. The summed E-state index contributed by atoms with van der Waals surface area (Å²) in [6.45, 7) is 0.897. The first-order chi connectivity index (χ1) is 15.2. The van der Waals surface area contributed by atoms with Gasteiger partial charge in [0.05, 0.1) is 29.7 Å². The Morgan fingerprint density at radius 1 is 1.13 bits per heavy atom. The first-order valence-electron chi connectivity index (χ1n) is 10.2. The summed E-state index contributed by atoms with van der Waals surface area (Å²) in [5, 5.41) is 5.83. The van der Waals surface area contributed by atoms with Crippen LogP contribution in [0.3, 0.4) is 0 Å². The summed E-state index contributed by atoms with van der Waals surface area (Å²) >= 11 is 0. The number of amides is 2. The van der Waals surface area contributed by atoms with Crippen LogP contribution in [-0.2, 0) is 4.79 Å².